The first kappa shape index (κ1) is 17.0. The van der Waals surface area contributed by atoms with Gasteiger partial charge in [0.2, 0.25) is 0 Å². The Kier molecular flexibility index (Phi) is 8.13. The van der Waals surface area contributed by atoms with Crippen LogP contribution in [0.15, 0.2) is 0 Å². The normalized spacial score (nSPS) is 20.8. The topological polar surface area (TPSA) is 55.4 Å². The molecule has 0 fully saturated rings. The number of ether oxygens (including phenoxy) is 6. The van der Waals surface area contributed by atoms with Crippen molar-refractivity contribution in [2.45, 2.75) is 45.2 Å². The molecule has 104 valence electrons. The summed E-state index contributed by atoms with van der Waals surface area (Å²) >= 11 is 0. The summed E-state index contributed by atoms with van der Waals surface area (Å²) in [6.07, 6.45) is -1.33. The highest BCUT2D eigenvalue weighted by atomic mass is 28.1. The Morgan fingerprint density at radius 2 is 0.941 bits per heavy atom. The van der Waals surface area contributed by atoms with Gasteiger partial charge in [0.05, 0.1) is 0 Å². The van der Waals surface area contributed by atoms with Gasteiger partial charge in [-0.1, -0.05) is 0 Å². The van der Waals surface area contributed by atoms with E-state index in [0.717, 1.165) is 0 Å². The van der Waals surface area contributed by atoms with E-state index in [1.807, 2.05) is 0 Å². The molecule has 0 aromatic rings. The SMILES string of the molecule is COC(C)OC([SiH3])(OC(C)OC)OC(C)OC. The molecule has 0 aliphatic heterocycles. The lowest BCUT2D eigenvalue weighted by Crippen LogP contribution is -2.47. The molecule has 0 amide bonds. The first-order valence-electron chi connectivity index (χ1n) is 5.48. The van der Waals surface area contributed by atoms with E-state index >= 15 is 0 Å². The summed E-state index contributed by atoms with van der Waals surface area (Å²) in [7, 11) is 5.11. The largest absolute Gasteiger partial charge is 0.356 e. The molecule has 7 heteroatoms. The van der Waals surface area contributed by atoms with Crippen molar-refractivity contribution in [1.29, 1.82) is 0 Å². The molecule has 0 aliphatic rings. The van der Waals surface area contributed by atoms with E-state index in [2.05, 4.69) is 0 Å². The van der Waals surface area contributed by atoms with E-state index in [4.69, 9.17) is 28.4 Å². The van der Waals surface area contributed by atoms with Gasteiger partial charge in [-0.15, -0.1) is 0 Å². The highest BCUT2D eigenvalue weighted by molar-refractivity contribution is 6.12. The second kappa shape index (κ2) is 8.14. The number of methoxy groups -OCH3 is 3. The molecule has 0 aromatic heterocycles. The third-order valence-electron chi connectivity index (χ3n) is 2.14. The summed E-state index contributed by atoms with van der Waals surface area (Å²) in [5.74, 6) is 0. The Labute approximate surface area is 106 Å². The minimum absolute atomic E-state index is 0.444. The molecular weight excluding hydrogens is 244 g/mol. The van der Waals surface area contributed by atoms with Gasteiger partial charge < -0.3 is 28.4 Å². The number of rotatable bonds is 9. The van der Waals surface area contributed by atoms with Gasteiger partial charge in [-0.05, 0) is 20.8 Å². The average molecular weight is 268 g/mol. The Bertz CT molecular complexity index is 172. The van der Waals surface area contributed by atoms with Crippen molar-refractivity contribution in [3.05, 3.63) is 0 Å². The van der Waals surface area contributed by atoms with Crippen molar-refractivity contribution < 1.29 is 28.4 Å². The molecule has 0 aromatic carbocycles. The number of hydrogen-bond acceptors (Lipinski definition) is 6. The van der Waals surface area contributed by atoms with Crippen molar-refractivity contribution in [2.75, 3.05) is 21.3 Å². The fourth-order valence-corrected chi connectivity index (χ4v) is 2.13. The molecule has 0 heterocycles. The highest BCUT2D eigenvalue weighted by Gasteiger charge is 2.33. The van der Waals surface area contributed by atoms with Crippen LogP contribution in [0.25, 0.3) is 0 Å². The molecule has 0 aliphatic carbocycles. The molecule has 0 radical (unpaired) electrons. The second-order valence-electron chi connectivity index (χ2n) is 3.63. The van der Waals surface area contributed by atoms with Gasteiger partial charge in [0, 0.05) is 21.3 Å². The molecule has 0 saturated heterocycles. The fourth-order valence-electron chi connectivity index (χ4n) is 1.13. The molecular formula is C10H24O6Si. The summed E-state index contributed by atoms with van der Waals surface area (Å²) < 4.78 is 31.8. The van der Waals surface area contributed by atoms with Crippen LogP contribution in [0.5, 0.6) is 0 Å². The van der Waals surface area contributed by atoms with E-state index in [-0.39, 0.29) is 0 Å². The maximum Gasteiger partial charge on any atom is 0.252 e. The average Bonchev–Trinajstić information content (AvgIpc) is 2.27. The Balaban J connectivity index is 4.55. The number of hydrogen-bond donors (Lipinski definition) is 0. The van der Waals surface area contributed by atoms with Gasteiger partial charge in [0.15, 0.2) is 18.9 Å². The van der Waals surface area contributed by atoms with Gasteiger partial charge in [-0.25, -0.2) is 0 Å². The Hall–Kier alpha value is -0.0231. The molecule has 0 spiro atoms. The molecule has 0 bridgehead atoms. The summed E-state index contributed by atoms with van der Waals surface area (Å²) in [5, 5.41) is 0. The van der Waals surface area contributed by atoms with Crippen LogP contribution in [-0.4, -0.2) is 56.0 Å². The quantitative estimate of drug-likeness (QED) is 0.433. The molecule has 3 unspecified atom stereocenters. The van der Waals surface area contributed by atoms with Crippen molar-refractivity contribution in [2.24, 2.45) is 0 Å². The third kappa shape index (κ3) is 7.09. The Morgan fingerprint density at radius 3 is 1.12 bits per heavy atom. The third-order valence-corrected chi connectivity index (χ3v) is 2.84. The monoisotopic (exact) mass is 268 g/mol. The van der Waals surface area contributed by atoms with Gasteiger partial charge in [-0.2, -0.15) is 0 Å². The zero-order valence-electron chi connectivity index (χ0n) is 11.7. The van der Waals surface area contributed by atoms with E-state index in [1.165, 1.54) is 0 Å². The standard InChI is InChI=1S/C10H24O6Si/c1-7(11-4)14-10(17,15-8(2)12-5)16-9(3)13-6/h7-9H,1-6,17H3. The van der Waals surface area contributed by atoms with E-state index in [9.17, 15) is 0 Å². The van der Waals surface area contributed by atoms with Crippen LogP contribution >= 0.6 is 0 Å². The van der Waals surface area contributed by atoms with Crippen LogP contribution in [0.2, 0.25) is 0 Å². The first-order valence-corrected chi connectivity index (χ1v) is 6.48. The van der Waals surface area contributed by atoms with Crippen molar-refractivity contribution in [1.82, 2.24) is 0 Å². The summed E-state index contributed by atoms with van der Waals surface area (Å²) in [6.45, 7) is 5.27. The van der Waals surface area contributed by atoms with E-state index < -0.39 is 24.5 Å². The minimum Gasteiger partial charge on any atom is -0.356 e. The van der Waals surface area contributed by atoms with Crippen LogP contribution in [0.3, 0.4) is 0 Å². The van der Waals surface area contributed by atoms with Crippen LogP contribution in [0.1, 0.15) is 20.8 Å². The maximum absolute atomic E-state index is 5.57. The van der Waals surface area contributed by atoms with Gasteiger partial charge >= 0.3 is 0 Å². The smallest absolute Gasteiger partial charge is 0.252 e. The summed E-state index contributed by atoms with van der Waals surface area (Å²) in [4.78, 5) is 0. The first-order chi connectivity index (χ1) is 7.86. The molecule has 17 heavy (non-hydrogen) atoms. The van der Waals surface area contributed by atoms with Gasteiger partial charge in [-0.3, -0.25) is 0 Å². The van der Waals surface area contributed by atoms with Crippen molar-refractivity contribution in [3.63, 3.8) is 0 Å². The molecule has 0 rings (SSSR count). The van der Waals surface area contributed by atoms with Crippen LogP contribution in [-0.2, 0) is 28.4 Å². The van der Waals surface area contributed by atoms with Crippen molar-refractivity contribution >= 4 is 10.2 Å². The maximum atomic E-state index is 5.57. The predicted octanol–water partition coefficient (Wildman–Crippen LogP) is -0.00990. The van der Waals surface area contributed by atoms with Crippen LogP contribution in [0.4, 0.5) is 0 Å². The molecule has 3 atom stereocenters. The zero-order chi connectivity index (χ0) is 13.5. The zero-order valence-corrected chi connectivity index (χ0v) is 13.7. The highest BCUT2D eigenvalue weighted by Crippen LogP contribution is 2.19. The molecule has 0 saturated carbocycles. The van der Waals surface area contributed by atoms with Gasteiger partial charge in [0.1, 0.15) is 10.2 Å². The van der Waals surface area contributed by atoms with Crippen LogP contribution < -0.4 is 0 Å². The lowest BCUT2D eigenvalue weighted by Gasteiger charge is -2.35. The minimum atomic E-state index is -1.17. The molecule has 0 N–H and O–H groups in total. The van der Waals surface area contributed by atoms with E-state index in [1.54, 1.807) is 42.1 Å². The van der Waals surface area contributed by atoms with Crippen molar-refractivity contribution in [3.8, 4) is 0 Å². The predicted molar refractivity (Wildman–Crippen MR) is 65.3 cm³/mol. The summed E-state index contributed by atoms with van der Waals surface area (Å²) in [6, 6.07) is 0. The second-order valence-corrected chi connectivity index (χ2v) is 4.85. The summed E-state index contributed by atoms with van der Waals surface area (Å²) in [5.41, 5.74) is -1.17. The fraction of sp³-hybridized carbons (Fsp3) is 1.00. The lowest BCUT2D eigenvalue weighted by atomic mass is 10.7. The lowest BCUT2D eigenvalue weighted by molar-refractivity contribution is -0.422. The van der Waals surface area contributed by atoms with Crippen LogP contribution in [0, 0.1) is 0 Å². The van der Waals surface area contributed by atoms with E-state index in [0.29, 0.717) is 10.2 Å². The molecule has 6 nitrogen and oxygen atoms in total. The Morgan fingerprint density at radius 1 is 0.706 bits per heavy atom. The van der Waals surface area contributed by atoms with Gasteiger partial charge in [0.25, 0.3) is 5.60 Å².